The smallest absolute Gasteiger partial charge is 0.349 e. The van der Waals surface area contributed by atoms with Gasteiger partial charge >= 0.3 is 5.97 Å². The van der Waals surface area contributed by atoms with Gasteiger partial charge in [-0.2, -0.15) is 0 Å². The molecule has 26 heavy (non-hydrogen) atoms. The van der Waals surface area contributed by atoms with Crippen molar-refractivity contribution in [3.05, 3.63) is 74.9 Å². The van der Waals surface area contributed by atoms with Gasteiger partial charge in [0.1, 0.15) is 4.88 Å². The molecular weight excluding hydrogens is 393 g/mol. The van der Waals surface area contributed by atoms with Crippen LogP contribution in [0.3, 0.4) is 0 Å². The maximum absolute atomic E-state index is 12.3. The summed E-state index contributed by atoms with van der Waals surface area (Å²) in [5.41, 5.74) is 1.97. The number of nitrogens with one attached hydrogen (secondary N) is 1. The van der Waals surface area contributed by atoms with Crippen LogP contribution in [-0.4, -0.2) is 18.5 Å². The summed E-state index contributed by atoms with van der Waals surface area (Å²) < 4.78 is 5.14. The van der Waals surface area contributed by atoms with Crippen molar-refractivity contribution in [3.8, 4) is 11.1 Å². The Morgan fingerprint density at radius 1 is 0.962 bits per heavy atom. The van der Waals surface area contributed by atoms with Crippen molar-refractivity contribution in [2.45, 2.75) is 0 Å². The standard InChI is InChI=1S/C19H13Cl2NO3S/c20-14-7-4-8-15(21)17(14)22-16(23)11-25-19(24)18-13(9-10-26-18)12-5-2-1-3-6-12/h1-10H,11H2,(H,22,23). The number of hydrogen-bond acceptors (Lipinski definition) is 4. The Morgan fingerprint density at radius 2 is 1.65 bits per heavy atom. The highest BCUT2D eigenvalue weighted by atomic mass is 35.5. The number of benzene rings is 2. The second-order valence-corrected chi connectivity index (χ2v) is 6.98. The first-order valence-electron chi connectivity index (χ1n) is 7.60. The molecule has 1 N–H and O–H groups in total. The van der Waals surface area contributed by atoms with Crippen LogP contribution in [0.5, 0.6) is 0 Å². The molecular formula is C19H13Cl2NO3S. The van der Waals surface area contributed by atoms with E-state index in [0.29, 0.717) is 14.9 Å². The zero-order chi connectivity index (χ0) is 18.5. The first-order valence-corrected chi connectivity index (χ1v) is 9.23. The minimum Gasteiger partial charge on any atom is -0.451 e. The van der Waals surface area contributed by atoms with E-state index in [9.17, 15) is 9.59 Å². The molecule has 0 spiro atoms. The van der Waals surface area contributed by atoms with Gasteiger partial charge in [-0.25, -0.2) is 4.79 Å². The zero-order valence-corrected chi connectivity index (χ0v) is 15.7. The van der Waals surface area contributed by atoms with E-state index in [2.05, 4.69) is 5.32 Å². The van der Waals surface area contributed by atoms with Gasteiger partial charge in [-0.15, -0.1) is 11.3 Å². The largest absolute Gasteiger partial charge is 0.451 e. The average molecular weight is 406 g/mol. The van der Waals surface area contributed by atoms with Gasteiger partial charge in [-0.1, -0.05) is 59.6 Å². The number of para-hydroxylation sites is 1. The molecule has 0 saturated carbocycles. The second-order valence-electron chi connectivity index (χ2n) is 5.25. The first kappa shape index (κ1) is 18.5. The number of hydrogen-bond donors (Lipinski definition) is 1. The molecule has 2 aromatic carbocycles. The lowest BCUT2D eigenvalue weighted by atomic mass is 10.1. The molecule has 0 atom stereocenters. The second kappa shape index (κ2) is 8.36. The molecule has 7 heteroatoms. The van der Waals surface area contributed by atoms with Gasteiger partial charge < -0.3 is 10.1 Å². The Bertz CT molecular complexity index is 921. The Morgan fingerprint density at radius 3 is 2.35 bits per heavy atom. The van der Waals surface area contributed by atoms with Gasteiger partial charge in [-0.3, -0.25) is 4.79 Å². The third-order valence-corrected chi connectivity index (χ3v) is 5.02. The van der Waals surface area contributed by atoms with Crippen molar-refractivity contribution in [3.63, 3.8) is 0 Å². The molecule has 0 unspecified atom stereocenters. The van der Waals surface area contributed by atoms with Crippen LogP contribution in [-0.2, 0) is 9.53 Å². The quantitative estimate of drug-likeness (QED) is 0.568. The van der Waals surface area contributed by atoms with Crippen LogP contribution in [0, 0.1) is 0 Å². The van der Waals surface area contributed by atoms with Crippen molar-refractivity contribution in [1.29, 1.82) is 0 Å². The van der Waals surface area contributed by atoms with E-state index in [4.69, 9.17) is 27.9 Å². The predicted octanol–water partition coefficient (Wildman–Crippen LogP) is 5.52. The fourth-order valence-electron chi connectivity index (χ4n) is 2.30. The number of ether oxygens (including phenoxy) is 1. The molecule has 1 heterocycles. The van der Waals surface area contributed by atoms with Crippen LogP contribution >= 0.6 is 34.5 Å². The molecule has 3 rings (SSSR count). The summed E-state index contributed by atoms with van der Waals surface area (Å²) in [7, 11) is 0. The van der Waals surface area contributed by atoms with Gasteiger partial charge in [0.2, 0.25) is 0 Å². The molecule has 4 nitrogen and oxygen atoms in total. The van der Waals surface area contributed by atoms with Crippen LogP contribution in [0.25, 0.3) is 11.1 Å². The molecule has 0 radical (unpaired) electrons. The topological polar surface area (TPSA) is 55.4 Å². The summed E-state index contributed by atoms with van der Waals surface area (Å²) in [6.45, 7) is -0.438. The Balaban J connectivity index is 1.65. The molecule has 0 aliphatic carbocycles. The lowest BCUT2D eigenvalue weighted by molar-refractivity contribution is -0.119. The van der Waals surface area contributed by atoms with E-state index >= 15 is 0 Å². The van der Waals surface area contributed by atoms with Crippen molar-refractivity contribution in [2.75, 3.05) is 11.9 Å². The highest BCUT2D eigenvalue weighted by Gasteiger charge is 2.18. The summed E-state index contributed by atoms with van der Waals surface area (Å²) in [5.74, 6) is -1.08. The van der Waals surface area contributed by atoms with E-state index in [1.807, 2.05) is 41.8 Å². The molecule has 3 aromatic rings. The van der Waals surface area contributed by atoms with Crippen LogP contribution in [0.4, 0.5) is 5.69 Å². The monoisotopic (exact) mass is 405 g/mol. The van der Waals surface area contributed by atoms with Crippen LogP contribution in [0.2, 0.25) is 10.0 Å². The lowest BCUT2D eigenvalue weighted by Crippen LogP contribution is -2.21. The molecule has 0 aliphatic heterocycles. The number of anilines is 1. The molecule has 0 saturated heterocycles. The van der Waals surface area contributed by atoms with Gasteiger partial charge in [0.05, 0.1) is 15.7 Å². The minimum absolute atomic E-state index is 0.290. The van der Waals surface area contributed by atoms with E-state index < -0.39 is 18.5 Å². The van der Waals surface area contributed by atoms with E-state index in [-0.39, 0.29) is 5.69 Å². The molecule has 132 valence electrons. The minimum atomic E-state index is -0.556. The number of carbonyl (C=O) groups excluding carboxylic acids is 2. The maximum Gasteiger partial charge on any atom is 0.349 e. The van der Waals surface area contributed by atoms with E-state index in [1.54, 1.807) is 18.2 Å². The number of amides is 1. The normalized spacial score (nSPS) is 10.4. The van der Waals surface area contributed by atoms with Gasteiger partial charge in [0.25, 0.3) is 5.91 Å². The van der Waals surface area contributed by atoms with Crippen molar-refractivity contribution in [1.82, 2.24) is 0 Å². The summed E-state index contributed by atoms with van der Waals surface area (Å²) in [6.07, 6.45) is 0. The number of halogens is 2. The third kappa shape index (κ3) is 4.25. The summed E-state index contributed by atoms with van der Waals surface area (Å²) >= 11 is 13.3. The Kier molecular flexibility index (Phi) is 5.93. The SMILES string of the molecule is O=C(COC(=O)c1sccc1-c1ccccc1)Nc1c(Cl)cccc1Cl. The van der Waals surface area contributed by atoms with Crippen molar-refractivity contribution >= 4 is 52.1 Å². The summed E-state index contributed by atoms with van der Waals surface area (Å²) in [6, 6.07) is 16.2. The summed E-state index contributed by atoms with van der Waals surface area (Å²) in [5, 5.41) is 4.97. The molecule has 0 aliphatic rings. The fourth-order valence-corrected chi connectivity index (χ4v) is 3.60. The van der Waals surface area contributed by atoms with Gasteiger partial charge in [0, 0.05) is 5.56 Å². The Labute approximate surface area is 164 Å². The average Bonchev–Trinajstić information content (AvgIpc) is 3.13. The van der Waals surface area contributed by atoms with Crippen molar-refractivity contribution in [2.24, 2.45) is 0 Å². The molecule has 1 aromatic heterocycles. The molecule has 1 amide bonds. The van der Waals surface area contributed by atoms with Crippen LogP contribution in [0.1, 0.15) is 9.67 Å². The van der Waals surface area contributed by atoms with Crippen LogP contribution < -0.4 is 5.32 Å². The zero-order valence-electron chi connectivity index (χ0n) is 13.4. The first-order chi connectivity index (χ1) is 12.6. The lowest BCUT2D eigenvalue weighted by Gasteiger charge is -2.09. The number of rotatable bonds is 5. The maximum atomic E-state index is 12.3. The molecule has 0 fully saturated rings. The third-order valence-electron chi connectivity index (χ3n) is 3.50. The fraction of sp³-hybridized carbons (Fsp3) is 0.0526. The highest BCUT2D eigenvalue weighted by molar-refractivity contribution is 7.12. The van der Waals surface area contributed by atoms with Gasteiger partial charge in [0.15, 0.2) is 6.61 Å². The van der Waals surface area contributed by atoms with Crippen molar-refractivity contribution < 1.29 is 14.3 Å². The highest BCUT2D eigenvalue weighted by Crippen LogP contribution is 2.30. The number of carbonyl (C=O) groups is 2. The summed E-state index contributed by atoms with van der Waals surface area (Å²) in [4.78, 5) is 24.8. The van der Waals surface area contributed by atoms with Gasteiger partial charge in [-0.05, 0) is 29.1 Å². The predicted molar refractivity (Wildman–Crippen MR) is 105 cm³/mol. The van der Waals surface area contributed by atoms with E-state index in [1.165, 1.54) is 11.3 Å². The molecule has 0 bridgehead atoms. The number of esters is 1. The number of thiophene rings is 1. The van der Waals surface area contributed by atoms with Crippen LogP contribution in [0.15, 0.2) is 60.0 Å². The van der Waals surface area contributed by atoms with E-state index in [0.717, 1.165) is 11.1 Å². The Hall–Kier alpha value is -2.34.